The number of nitrogens with two attached hydrogens (primary N) is 1. The van der Waals surface area contributed by atoms with Gasteiger partial charge in [-0.05, 0) is 61.7 Å². The molecule has 0 radical (unpaired) electrons. The molecule has 0 unspecified atom stereocenters. The van der Waals surface area contributed by atoms with Gasteiger partial charge in [-0.15, -0.1) is 0 Å². The molecule has 0 fully saturated rings. The topological polar surface area (TPSA) is 54.7 Å². The summed E-state index contributed by atoms with van der Waals surface area (Å²) in [5.74, 6) is 0. The Morgan fingerprint density at radius 1 is 1.07 bits per heavy atom. The largest absolute Gasteiger partial charge is 0.353 e. The van der Waals surface area contributed by atoms with Crippen molar-refractivity contribution in [2.24, 2.45) is 5.73 Å². The third kappa shape index (κ3) is 3.47. The van der Waals surface area contributed by atoms with Crippen LogP contribution in [0.1, 0.15) is 18.4 Å². The normalized spacial score (nSPS) is 11.6. The lowest BCUT2D eigenvalue weighted by Crippen LogP contribution is -1.99. The maximum absolute atomic E-state index is 6.48. The van der Waals surface area contributed by atoms with E-state index in [0.717, 1.165) is 56.8 Å². The second-order valence-corrected chi connectivity index (χ2v) is 8.23. The summed E-state index contributed by atoms with van der Waals surface area (Å²) in [7, 11) is 0. The van der Waals surface area contributed by atoms with Gasteiger partial charge >= 0.3 is 0 Å². The number of nitrogens with one attached hydrogen (secondary N) is 1. The minimum absolute atomic E-state index is 0.623. The fraction of sp³-hybridized carbons (Fsp3) is 0.190. The van der Waals surface area contributed by atoms with Crippen LogP contribution in [-0.4, -0.2) is 16.5 Å². The maximum atomic E-state index is 6.48. The first-order valence-electron chi connectivity index (χ1n) is 8.83. The van der Waals surface area contributed by atoms with E-state index in [0.29, 0.717) is 16.6 Å². The molecule has 138 valence electrons. The smallest absolute Gasteiger partial charge is 0.0806 e. The Morgan fingerprint density at radius 2 is 1.93 bits per heavy atom. The summed E-state index contributed by atoms with van der Waals surface area (Å²) in [5.41, 5.74) is 10.9. The number of rotatable bonds is 5. The lowest BCUT2D eigenvalue weighted by molar-refractivity contribution is 0.748. The van der Waals surface area contributed by atoms with Crippen molar-refractivity contribution in [3.63, 3.8) is 0 Å². The first kappa shape index (κ1) is 18.8. The van der Waals surface area contributed by atoms with E-state index < -0.39 is 0 Å². The highest BCUT2D eigenvalue weighted by atomic mass is 79.9. The van der Waals surface area contributed by atoms with E-state index in [1.807, 2.05) is 18.3 Å². The number of aromatic nitrogens is 2. The van der Waals surface area contributed by atoms with Gasteiger partial charge in [-0.25, -0.2) is 0 Å². The Morgan fingerprint density at radius 3 is 2.74 bits per heavy atom. The summed E-state index contributed by atoms with van der Waals surface area (Å²) in [6.45, 7) is 0.683. The molecule has 0 bridgehead atoms. The molecule has 0 aliphatic rings. The number of pyridine rings is 1. The van der Waals surface area contributed by atoms with Gasteiger partial charge < -0.3 is 10.7 Å². The zero-order valence-electron chi connectivity index (χ0n) is 14.5. The van der Waals surface area contributed by atoms with Crippen molar-refractivity contribution in [3.8, 4) is 11.3 Å². The van der Waals surface area contributed by atoms with E-state index in [1.165, 1.54) is 5.56 Å². The maximum Gasteiger partial charge on any atom is 0.0806 e. The van der Waals surface area contributed by atoms with Crippen molar-refractivity contribution in [3.05, 3.63) is 62.7 Å². The number of benzene rings is 2. The molecule has 0 amide bonds. The van der Waals surface area contributed by atoms with Crippen LogP contribution in [0.5, 0.6) is 0 Å². The number of hydrogen-bond acceptors (Lipinski definition) is 2. The highest BCUT2D eigenvalue weighted by Crippen LogP contribution is 2.39. The molecule has 4 rings (SSSR count). The molecular weight excluding hydrogens is 445 g/mol. The number of halogens is 3. The van der Waals surface area contributed by atoms with E-state index in [-0.39, 0.29) is 0 Å². The summed E-state index contributed by atoms with van der Waals surface area (Å²) in [6.07, 6.45) is 4.69. The quantitative estimate of drug-likeness (QED) is 0.323. The first-order chi connectivity index (χ1) is 13.1. The monoisotopic (exact) mass is 461 g/mol. The van der Waals surface area contributed by atoms with Crippen molar-refractivity contribution in [1.29, 1.82) is 0 Å². The van der Waals surface area contributed by atoms with Gasteiger partial charge in [0.2, 0.25) is 0 Å². The lowest BCUT2D eigenvalue weighted by atomic mass is 9.98. The minimum Gasteiger partial charge on any atom is -0.353 e. The number of nitrogens with zero attached hydrogens (tertiary/aromatic N) is 1. The summed E-state index contributed by atoms with van der Waals surface area (Å²) in [4.78, 5) is 8.17. The van der Waals surface area contributed by atoms with Crippen LogP contribution >= 0.6 is 39.1 Å². The standard InChI is InChI=1S/C21H18BrCl2N3/c22-17-7-6-15(19-14(17)5-3-9-26-19)20-13(4-1-2-8-25)16-10-12(23)11-18(24)21(16)27-20/h3,5-7,9-11,27H,1-2,4,8,25H2. The van der Waals surface area contributed by atoms with Gasteiger partial charge in [0, 0.05) is 32.0 Å². The predicted molar refractivity (Wildman–Crippen MR) is 119 cm³/mol. The predicted octanol–water partition coefficient (Wildman–Crippen LogP) is 6.73. The summed E-state index contributed by atoms with van der Waals surface area (Å²) in [6, 6.07) is 11.9. The molecule has 0 aliphatic heterocycles. The molecule has 3 nitrogen and oxygen atoms in total. The van der Waals surface area contributed by atoms with Crippen molar-refractivity contribution in [2.75, 3.05) is 6.54 Å². The molecule has 2 aromatic heterocycles. The van der Waals surface area contributed by atoms with Gasteiger partial charge in [0.05, 0.1) is 21.7 Å². The summed E-state index contributed by atoms with van der Waals surface area (Å²) in [5, 5.41) is 3.40. The molecule has 0 atom stereocenters. The Kier molecular flexibility index (Phi) is 5.42. The molecule has 0 saturated heterocycles. The van der Waals surface area contributed by atoms with E-state index in [4.69, 9.17) is 28.9 Å². The fourth-order valence-electron chi connectivity index (χ4n) is 3.55. The van der Waals surface area contributed by atoms with E-state index >= 15 is 0 Å². The Balaban J connectivity index is 2.00. The molecule has 0 aliphatic carbocycles. The number of fused-ring (bicyclic) bond motifs is 2. The van der Waals surface area contributed by atoms with Crippen molar-refractivity contribution >= 4 is 60.9 Å². The average Bonchev–Trinajstić information content (AvgIpc) is 3.01. The molecule has 6 heteroatoms. The third-order valence-electron chi connectivity index (χ3n) is 4.80. The highest BCUT2D eigenvalue weighted by molar-refractivity contribution is 9.10. The molecule has 0 spiro atoms. The number of unbranched alkanes of at least 4 members (excludes halogenated alkanes) is 1. The Hall–Kier alpha value is -1.59. The average molecular weight is 463 g/mol. The fourth-order valence-corrected chi connectivity index (χ4v) is 4.54. The molecule has 3 N–H and O–H groups in total. The van der Waals surface area contributed by atoms with Crippen LogP contribution in [0.25, 0.3) is 33.1 Å². The molecule has 4 aromatic rings. The van der Waals surface area contributed by atoms with E-state index in [2.05, 4.69) is 44.1 Å². The van der Waals surface area contributed by atoms with Gasteiger partial charge in [0.25, 0.3) is 0 Å². The van der Waals surface area contributed by atoms with Crippen molar-refractivity contribution < 1.29 is 0 Å². The first-order valence-corrected chi connectivity index (χ1v) is 10.4. The third-order valence-corrected chi connectivity index (χ3v) is 6.01. The van der Waals surface area contributed by atoms with Crippen LogP contribution in [0, 0.1) is 0 Å². The Bertz CT molecular complexity index is 1140. The number of aryl methyl sites for hydroxylation is 1. The van der Waals surface area contributed by atoms with Gasteiger partial charge in [-0.1, -0.05) is 45.2 Å². The zero-order chi connectivity index (χ0) is 19.0. The molecule has 27 heavy (non-hydrogen) atoms. The van der Waals surface area contributed by atoms with Gasteiger partial charge in [0.1, 0.15) is 0 Å². The highest BCUT2D eigenvalue weighted by Gasteiger charge is 2.18. The molecule has 2 heterocycles. The van der Waals surface area contributed by atoms with Crippen LogP contribution in [0.4, 0.5) is 0 Å². The lowest BCUT2D eigenvalue weighted by Gasteiger charge is -2.09. The summed E-state index contributed by atoms with van der Waals surface area (Å²) >= 11 is 16.4. The second kappa shape index (κ2) is 7.80. The zero-order valence-corrected chi connectivity index (χ0v) is 17.6. The van der Waals surface area contributed by atoms with Gasteiger partial charge in [0.15, 0.2) is 0 Å². The van der Waals surface area contributed by atoms with E-state index in [1.54, 1.807) is 6.07 Å². The number of aromatic amines is 1. The van der Waals surface area contributed by atoms with Crippen molar-refractivity contribution in [1.82, 2.24) is 9.97 Å². The van der Waals surface area contributed by atoms with Crippen LogP contribution in [0.3, 0.4) is 0 Å². The van der Waals surface area contributed by atoms with Gasteiger partial charge in [-0.3, -0.25) is 4.98 Å². The second-order valence-electron chi connectivity index (χ2n) is 6.53. The number of H-pyrrole nitrogens is 1. The van der Waals surface area contributed by atoms with Crippen LogP contribution in [-0.2, 0) is 6.42 Å². The SMILES string of the molecule is NCCCCc1c(-c2ccc(Br)c3cccnc23)[nH]c2c(Cl)cc(Cl)cc12. The van der Waals surface area contributed by atoms with Crippen LogP contribution in [0.2, 0.25) is 10.0 Å². The van der Waals surface area contributed by atoms with Crippen LogP contribution < -0.4 is 5.73 Å². The minimum atomic E-state index is 0.623. The summed E-state index contributed by atoms with van der Waals surface area (Å²) < 4.78 is 1.02. The molecule has 2 aromatic carbocycles. The number of hydrogen-bond donors (Lipinski definition) is 2. The van der Waals surface area contributed by atoms with E-state index in [9.17, 15) is 0 Å². The van der Waals surface area contributed by atoms with Crippen LogP contribution in [0.15, 0.2) is 47.1 Å². The molecule has 0 saturated carbocycles. The van der Waals surface area contributed by atoms with Crippen molar-refractivity contribution in [2.45, 2.75) is 19.3 Å². The molecular formula is C21H18BrCl2N3. The van der Waals surface area contributed by atoms with Gasteiger partial charge in [-0.2, -0.15) is 0 Å². The Labute approximate surface area is 176 Å².